The Labute approximate surface area is 243 Å². The molecule has 0 nitrogen and oxygen atoms in total. The molecule has 166 valence electrons. The molecule has 2 heteroatoms. The molecule has 0 amide bonds. The van der Waals surface area contributed by atoms with E-state index in [9.17, 15) is 0 Å². The van der Waals surface area contributed by atoms with Crippen LogP contribution in [0.3, 0.4) is 0 Å². The maximum atomic E-state index is 3.14. The van der Waals surface area contributed by atoms with Crippen molar-refractivity contribution in [2.75, 3.05) is 0 Å². The van der Waals surface area contributed by atoms with Crippen LogP contribution in [0, 0.1) is 50.7 Å². The monoisotopic (exact) mass is 566 g/mol. The smallest absolute Gasteiger partial charge is 0 e. The van der Waals surface area contributed by atoms with Crippen molar-refractivity contribution < 1.29 is 65.4 Å². The largest absolute Gasteiger partial charge is 0.358 e. The second-order valence-corrected chi connectivity index (χ2v) is 9.23. The molecule has 0 atom stereocenters. The predicted octanol–water partition coefficient (Wildman–Crippen LogP) is 7.97. The summed E-state index contributed by atoms with van der Waals surface area (Å²) >= 11 is 0. The van der Waals surface area contributed by atoms with E-state index in [1.807, 2.05) is 0 Å². The minimum absolute atomic E-state index is 0. The van der Waals surface area contributed by atoms with Crippen molar-refractivity contribution in [3.63, 3.8) is 0 Å². The standard InChI is InChI=1S/C27H34.2CH3.2Y/c1-3-7-22(8-4-1)19-24-11-15-26(16-12-24)21-27-17-13-25(14-18-27)20-23-9-5-2-6-10-23;;;;/h3-10,24-27H,11-21H2;2*1H3;;/q-2;2*-1;;. The van der Waals surface area contributed by atoms with E-state index in [1.54, 1.807) is 0 Å². The molecule has 0 saturated heterocycles. The third kappa shape index (κ3) is 10.6. The zero-order valence-electron chi connectivity index (χ0n) is 19.9. The number of benzene rings is 2. The SMILES string of the molecule is [CH3-].[CH3-].[Y].[Y].[c-]1ccc(CC2CCC(CC3CCC(Cc4cc[c-]cc4)CC3)CC2)cc1. The van der Waals surface area contributed by atoms with Crippen LogP contribution >= 0.6 is 0 Å². The van der Waals surface area contributed by atoms with Gasteiger partial charge in [-0.1, -0.05) is 25.7 Å². The van der Waals surface area contributed by atoms with Crippen LogP contribution in [0.15, 0.2) is 48.5 Å². The fraction of sp³-hybridized carbons (Fsp3) is 0.517. The molecule has 2 aliphatic carbocycles. The molecule has 0 aliphatic heterocycles. The van der Waals surface area contributed by atoms with E-state index in [1.165, 1.54) is 81.8 Å². The second-order valence-electron chi connectivity index (χ2n) is 9.23. The summed E-state index contributed by atoms with van der Waals surface area (Å²) in [7, 11) is 0. The molecule has 2 saturated carbocycles. The van der Waals surface area contributed by atoms with Crippen LogP contribution < -0.4 is 0 Å². The van der Waals surface area contributed by atoms with Crippen LogP contribution in [0.5, 0.6) is 0 Å². The maximum Gasteiger partial charge on any atom is 0 e. The fourth-order valence-electron chi connectivity index (χ4n) is 5.60. The van der Waals surface area contributed by atoms with Gasteiger partial charge in [-0.15, -0.1) is 0 Å². The normalized spacial score (nSPS) is 25.0. The van der Waals surface area contributed by atoms with Gasteiger partial charge in [0.2, 0.25) is 0 Å². The van der Waals surface area contributed by atoms with Crippen molar-refractivity contribution in [2.45, 2.75) is 70.6 Å². The van der Waals surface area contributed by atoms with Gasteiger partial charge < -0.3 is 14.9 Å². The molecule has 2 aliphatic rings. The molecular weight excluding hydrogens is 526 g/mol. The van der Waals surface area contributed by atoms with E-state index in [2.05, 4.69) is 60.7 Å². The van der Waals surface area contributed by atoms with Gasteiger partial charge in [0.05, 0.1) is 0 Å². The summed E-state index contributed by atoms with van der Waals surface area (Å²) in [6.07, 6.45) is 15.8. The summed E-state index contributed by atoms with van der Waals surface area (Å²) in [6.45, 7) is 0. The molecule has 0 N–H and O–H groups in total. The van der Waals surface area contributed by atoms with Gasteiger partial charge >= 0.3 is 0 Å². The first-order chi connectivity index (χ1) is 13.3. The zero-order valence-corrected chi connectivity index (χ0v) is 25.5. The van der Waals surface area contributed by atoms with Crippen molar-refractivity contribution in [1.29, 1.82) is 0 Å². The summed E-state index contributed by atoms with van der Waals surface area (Å²) in [6, 6.07) is 23.5. The number of hydrogen-bond acceptors (Lipinski definition) is 0. The third-order valence-corrected chi connectivity index (χ3v) is 7.22. The molecule has 0 unspecified atom stereocenters. The molecule has 31 heavy (non-hydrogen) atoms. The molecule has 0 bridgehead atoms. The van der Waals surface area contributed by atoms with E-state index < -0.39 is 0 Å². The van der Waals surface area contributed by atoms with E-state index in [4.69, 9.17) is 0 Å². The first-order valence-corrected chi connectivity index (χ1v) is 11.2. The average molecular weight is 566 g/mol. The molecule has 0 aromatic heterocycles. The molecular formula is C29H40Y2-4. The van der Waals surface area contributed by atoms with Crippen LogP contribution in [0.4, 0.5) is 0 Å². The van der Waals surface area contributed by atoms with Gasteiger partial charge in [-0.2, -0.15) is 71.8 Å². The Kier molecular flexibility index (Phi) is 17.5. The summed E-state index contributed by atoms with van der Waals surface area (Å²) in [4.78, 5) is 0. The topological polar surface area (TPSA) is 0 Å². The number of rotatable bonds is 6. The van der Waals surface area contributed by atoms with Crippen molar-refractivity contribution in [3.05, 3.63) is 86.6 Å². The minimum atomic E-state index is 0. The first kappa shape index (κ1) is 31.6. The average Bonchev–Trinajstić information content (AvgIpc) is 2.73. The Hall–Kier alpha value is 0.648. The summed E-state index contributed by atoms with van der Waals surface area (Å²) < 4.78 is 0. The Morgan fingerprint density at radius 2 is 0.806 bits per heavy atom. The first-order valence-electron chi connectivity index (χ1n) is 11.2. The molecule has 2 fully saturated rings. The van der Waals surface area contributed by atoms with E-state index >= 15 is 0 Å². The van der Waals surface area contributed by atoms with Gasteiger partial charge in [-0.3, -0.25) is 0 Å². The minimum Gasteiger partial charge on any atom is -0.358 e. The van der Waals surface area contributed by atoms with Crippen molar-refractivity contribution in [3.8, 4) is 0 Å². The van der Waals surface area contributed by atoms with Crippen LogP contribution in [-0.4, -0.2) is 0 Å². The van der Waals surface area contributed by atoms with Crippen LogP contribution in [0.1, 0.15) is 68.9 Å². The Bertz CT molecular complexity index is 594. The molecule has 4 rings (SSSR count). The van der Waals surface area contributed by atoms with E-state index in [0.717, 1.165) is 23.7 Å². The quantitative estimate of drug-likeness (QED) is 0.311. The van der Waals surface area contributed by atoms with Gasteiger partial charge in [-0.25, -0.2) is 0 Å². The van der Waals surface area contributed by atoms with Crippen LogP contribution in [-0.2, 0) is 78.3 Å². The molecule has 0 spiro atoms. The maximum absolute atomic E-state index is 3.14. The third-order valence-electron chi connectivity index (χ3n) is 7.22. The van der Waals surface area contributed by atoms with Gasteiger partial charge in [0.25, 0.3) is 0 Å². The van der Waals surface area contributed by atoms with Crippen LogP contribution in [0.2, 0.25) is 0 Å². The molecule has 2 aromatic rings. The van der Waals surface area contributed by atoms with Gasteiger partial charge in [0.15, 0.2) is 0 Å². The molecule has 0 heterocycles. The fourth-order valence-corrected chi connectivity index (χ4v) is 5.60. The van der Waals surface area contributed by atoms with Crippen molar-refractivity contribution in [1.82, 2.24) is 0 Å². The second kappa shape index (κ2) is 17.1. The predicted molar refractivity (Wildman–Crippen MR) is 126 cm³/mol. The van der Waals surface area contributed by atoms with Gasteiger partial charge in [0, 0.05) is 65.4 Å². The van der Waals surface area contributed by atoms with E-state index in [-0.39, 0.29) is 80.3 Å². The van der Waals surface area contributed by atoms with Crippen molar-refractivity contribution >= 4 is 0 Å². The summed E-state index contributed by atoms with van der Waals surface area (Å²) in [5.41, 5.74) is 3.01. The van der Waals surface area contributed by atoms with Gasteiger partial charge in [0.1, 0.15) is 0 Å². The Morgan fingerprint density at radius 3 is 1.13 bits per heavy atom. The van der Waals surface area contributed by atoms with Crippen molar-refractivity contribution in [2.24, 2.45) is 23.7 Å². The number of hydrogen-bond donors (Lipinski definition) is 0. The van der Waals surface area contributed by atoms with E-state index in [0.29, 0.717) is 0 Å². The molecule has 2 aromatic carbocycles. The van der Waals surface area contributed by atoms with Crippen LogP contribution in [0.25, 0.3) is 0 Å². The zero-order chi connectivity index (χ0) is 18.3. The Morgan fingerprint density at radius 1 is 0.516 bits per heavy atom. The van der Waals surface area contributed by atoms with Gasteiger partial charge in [-0.05, 0) is 68.6 Å². The Balaban J connectivity index is 0.00000225. The summed E-state index contributed by atoms with van der Waals surface area (Å²) in [5, 5.41) is 0. The summed E-state index contributed by atoms with van der Waals surface area (Å²) in [5.74, 6) is 3.86. The molecule has 2 radical (unpaired) electrons.